The molecular weight excluding hydrogens is 551 g/mol. The molecule has 43 heavy (non-hydrogen) atoms. The molecule has 0 radical (unpaired) electrons. The van der Waals surface area contributed by atoms with Gasteiger partial charge in [-0.2, -0.15) is 5.11 Å². The maximum absolute atomic E-state index is 4.69. The lowest BCUT2D eigenvalue weighted by molar-refractivity contribution is 0.949. The largest absolute Gasteiger partial charge is 0.363 e. The van der Waals surface area contributed by atoms with Crippen molar-refractivity contribution in [1.82, 2.24) is 0 Å². The number of rotatable bonds is 7. The second-order valence-corrected chi connectivity index (χ2v) is 11.6. The average Bonchev–Trinajstić information content (AvgIpc) is 3.76. The van der Waals surface area contributed by atoms with Gasteiger partial charge in [-0.3, -0.25) is 0 Å². The Hall–Kier alpha value is -5.08. The molecule has 8 heteroatoms. The van der Waals surface area contributed by atoms with Gasteiger partial charge in [-0.1, -0.05) is 77.6 Å². The fraction of sp³-hybridized carbons (Fsp3) is 0.143. The van der Waals surface area contributed by atoms with Crippen LogP contribution in [0.15, 0.2) is 140 Å². The second-order valence-electron chi connectivity index (χ2n) is 10.5. The van der Waals surface area contributed by atoms with E-state index in [0.717, 1.165) is 68.1 Å². The molecule has 210 valence electrons. The van der Waals surface area contributed by atoms with Crippen LogP contribution < -0.4 is 4.90 Å². The van der Waals surface area contributed by atoms with E-state index < -0.39 is 0 Å². The first-order valence-corrected chi connectivity index (χ1v) is 15.2. The third-order valence-corrected chi connectivity index (χ3v) is 8.61. The molecule has 7 rings (SSSR count). The monoisotopic (exact) mass is 579 g/mol. The van der Waals surface area contributed by atoms with Crippen LogP contribution in [-0.2, 0) is 0 Å². The fourth-order valence-corrected chi connectivity index (χ4v) is 6.18. The summed E-state index contributed by atoms with van der Waals surface area (Å²) in [5, 5.41) is 33.6. The van der Waals surface area contributed by atoms with E-state index >= 15 is 0 Å². The minimum absolute atomic E-state index is 0.768. The predicted molar refractivity (Wildman–Crippen MR) is 177 cm³/mol. The van der Waals surface area contributed by atoms with E-state index in [9.17, 15) is 0 Å². The molecule has 2 heterocycles. The number of hydrogen-bond acceptors (Lipinski definition) is 8. The van der Waals surface area contributed by atoms with Crippen LogP contribution in [0.3, 0.4) is 0 Å². The van der Waals surface area contributed by atoms with Crippen molar-refractivity contribution in [2.75, 3.05) is 18.0 Å². The van der Waals surface area contributed by atoms with E-state index in [0.29, 0.717) is 0 Å². The summed E-state index contributed by atoms with van der Waals surface area (Å²) in [6.45, 7) is 4.30. The number of thiophene rings is 1. The molecule has 7 nitrogen and oxygen atoms in total. The Kier molecular flexibility index (Phi) is 7.50. The Morgan fingerprint density at radius 3 is 1.47 bits per heavy atom. The van der Waals surface area contributed by atoms with Crippen LogP contribution in [0.5, 0.6) is 0 Å². The van der Waals surface area contributed by atoms with Crippen molar-refractivity contribution < 1.29 is 0 Å². The van der Waals surface area contributed by atoms with Gasteiger partial charge in [0.2, 0.25) is 0 Å². The second kappa shape index (κ2) is 12.0. The standard InChI is InChI=1S/C35H29N7S/c1-24-12-14-25(15-13-24)36-37-30-16-17-31(27-9-3-2-8-26(27)30)38-39-32-18-19-33(29-11-5-4-10-28(29)32)40-41-34-20-21-35(43-34)42-22-6-7-23-42/h2-5,8-21H,6-7,22-23H2,1H3/b37-36+,39-38+,41-40+. The fourth-order valence-electron chi connectivity index (χ4n) is 5.30. The van der Waals surface area contributed by atoms with E-state index in [1.165, 1.54) is 23.4 Å². The number of azo groups is 3. The van der Waals surface area contributed by atoms with Crippen molar-refractivity contribution >= 4 is 71.3 Å². The van der Waals surface area contributed by atoms with E-state index in [1.54, 1.807) is 11.3 Å². The molecule has 0 atom stereocenters. The third-order valence-electron chi connectivity index (χ3n) is 7.58. The summed E-state index contributed by atoms with van der Waals surface area (Å²) < 4.78 is 0. The first kappa shape index (κ1) is 26.8. The molecule has 0 aliphatic carbocycles. The minimum Gasteiger partial charge on any atom is -0.363 e. The smallest absolute Gasteiger partial charge is 0.140 e. The van der Waals surface area contributed by atoms with Crippen LogP contribution in [0.2, 0.25) is 0 Å². The quantitative estimate of drug-likeness (QED) is 0.173. The van der Waals surface area contributed by atoms with Crippen molar-refractivity contribution in [1.29, 1.82) is 0 Å². The lowest BCUT2D eigenvalue weighted by Gasteiger charge is -2.13. The van der Waals surface area contributed by atoms with Crippen LogP contribution in [0, 0.1) is 6.92 Å². The molecule has 6 aromatic rings. The van der Waals surface area contributed by atoms with Gasteiger partial charge >= 0.3 is 0 Å². The number of fused-ring (bicyclic) bond motifs is 2. The van der Waals surface area contributed by atoms with Gasteiger partial charge in [0.15, 0.2) is 0 Å². The normalized spacial score (nSPS) is 13.9. The maximum atomic E-state index is 4.69. The number of anilines is 1. The van der Waals surface area contributed by atoms with Crippen molar-refractivity contribution in [3.63, 3.8) is 0 Å². The highest BCUT2D eigenvalue weighted by Crippen LogP contribution is 2.39. The highest BCUT2D eigenvalue weighted by molar-refractivity contribution is 7.19. The molecule has 1 aromatic heterocycles. The highest BCUT2D eigenvalue weighted by atomic mass is 32.1. The Morgan fingerprint density at radius 1 is 0.488 bits per heavy atom. The molecule has 1 aliphatic rings. The summed E-state index contributed by atoms with van der Waals surface area (Å²) in [6, 6.07) is 36.2. The summed E-state index contributed by atoms with van der Waals surface area (Å²) in [7, 11) is 0. The summed E-state index contributed by atoms with van der Waals surface area (Å²) in [5.74, 6) is 0. The molecule has 0 bridgehead atoms. The third kappa shape index (κ3) is 5.82. The van der Waals surface area contributed by atoms with Gasteiger partial charge in [0.05, 0.1) is 33.4 Å². The van der Waals surface area contributed by atoms with Gasteiger partial charge < -0.3 is 4.90 Å². The molecule has 1 fully saturated rings. The highest BCUT2D eigenvalue weighted by Gasteiger charge is 2.14. The molecule has 0 N–H and O–H groups in total. The van der Waals surface area contributed by atoms with Gasteiger partial charge in [0.1, 0.15) is 5.00 Å². The Labute approximate surface area is 254 Å². The van der Waals surface area contributed by atoms with Gasteiger partial charge in [-0.25, -0.2) is 0 Å². The zero-order chi connectivity index (χ0) is 29.0. The molecule has 0 saturated carbocycles. The van der Waals surface area contributed by atoms with E-state index in [-0.39, 0.29) is 0 Å². The van der Waals surface area contributed by atoms with Crippen LogP contribution in [0.25, 0.3) is 21.5 Å². The van der Waals surface area contributed by atoms with Crippen LogP contribution in [-0.4, -0.2) is 13.1 Å². The first-order chi connectivity index (χ1) is 21.2. The zero-order valence-electron chi connectivity index (χ0n) is 23.8. The van der Waals surface area contributed by atoms with Crippen LogP contribution >= 0.6 is 11.3 Å². The predicted octanol–water partition coefficient (Wildman–Crippen LogP) is 12.2. The molecule has 0 spiro atoms. The Morgan fingerprint density at radius 2 is 0.953 bits per heavy atom. The van der Waals surface area contributed by atoms with Crippen molar-refractivity contribution in [3.8, 4) is 0 Å². The maximum Gasteiger partial charge on any atom is 0.140 e. The molecular formula is C35H29N7S. The molecule has 0 amide bonds. The number of aryl methyl sites for hydroxylation is 1. The lowest BCUT2D eigenvalue weighted by atomic mass is 10.1. The van der Waals surface area contributed by atoms with E-state index in [4.69, 9.17) is 0 Å². The summed E-state index contributed by atoms with van der Waals surface area (Å²) in [4.78, 5) is 2.42. The van der Waals surface area contributed by atoms with Crippen LogP contribution in [0.1, 0.15) is 18.4 Å². The lowest BCUT2D eigenvalue weighted by Crippen LogP contribution is -2.15. The molecule has 0 unspecified atom stereocenters. The number of benzene rings is 5. The molecule has 5 aromatic carbocycles. The SMILES string of the molecule is Cc1ccc(/N=N/c2ccc(/N=N/c3ccc(/N=N/c4ccc(N5CCCC5)s4)c4ccccc34)c3ccccc23)cc1. The summed E-state index contributed by atoms with van der Waals surface area (Å²) >= 11 is 1.69. The van der Waals surface area contributed by atoms with E-state index in [2.05, 4.69) is 54.6 Å². The van der Waals surface area contributed by atoms with E-state index in [1.807, 2.05) is 97.1 Å². The number of nitrogens with zero attached hydrogens (tertiary/aromatic N) is 7. The van der Waals surface area contributed by atoms with Gasteiger partial charge in [-0.05, 0) is 68.3 Å². The van der Waals surface area contributed by atoms with Gasteiger partial charge in [-0.15, -0.1) is 25.6 Å². The first-order valence-electron chi connectivity index (χ1n) is 14.4. The van der Waals surface area contributed by atoms with Crippen LogP contribution in [0.4, 0.5) is 38.4 Å². The zero-order valence-corrected chi connectivity index (χ0v) is 24.6. The Bertz CT molecular complexity index is 2000. The summed E-state index contributed by atoms with van der Waals surface area (Å²) in [5.41, 5.74) is 5.14. The van der Waals surface area contributed by atoms with Gasteiger partial charge in [0, 0.05) is 34.6 Å². The molecule has 1 saturated heterocycles. The van der Waals surface area contributed by atoms with Crippen molar-refractivity contribution in [2.45, 2.75) is 19.8 Å². The molecule has 1 aliphatic heterocycles. The average molecular weight is 580 g/mol. The topological polar surface area (TPSA) is 77.4 Å². The number of hydrogen-bond donors (Lipinski definition) is 0. The Balaban J connectivity index is 1.17. The van der Waals surface area contributed by atoms with Crippen molar-refractivity contribution in [3.05, 3.63) is 115 Å². The van der Waals surface area contributed by atoms with Crippen molar-refractivity contribution in [2.24, 2.45) is 30.7 Å². The van der Waals surface area contributed by atoms with Gasteiger partial charge in [0.25, 0.3) is 0 Å². The minimum atomic E-state index is 0.768. The summed E-state index contributed by atoms with van der Waals surface area (Å²) in [6.07, 6.45) is 2.51.